The lowest BCUT2D eigenvalue weighted by atomic mass is 10.2. The van der Waals surface area contributed by atoms with Crippen LogP contribution in [-0.4, -0.2) is 60.4 Å². The average Bonchev–Trinajstić information content (AvgIpc) is 2.62. The summed E-state index contributed by atoms with van der Waals surface area (Å²) in [5, 5.41) is 10.1. The van der Waals surface area contributed by atoms with Gasteiger partial charge in [-0.2, -0.15) is 0 Å². The second-order valence-electron chi connectivity index (χ2n) is 6.02. The summed E-state index contributed by atoms with van der Waals surface area (Å²) >= 11 is 3.39. The van der Waals surface area contributed by atoms with E-state index in [0.717, 1.165) is 36.5 Å². The zero-order chi connectivity index (χ0) is 17.6. The van der Waals surface area contributed by atoms with Crippen LogP contribution < -0.4 is 9.64 Å². The maximum absolute atomic E-state index is 13.5. The van der Waals surface area contributed by atoms with Crippen LogP contribution in [0.25, 0.3) is 0 Å². The van der Waals surface area contributed by atoms with Gasteiger partial charge in [0.1, 0.15) is 18.5 Å². The molecule has 0 amide bonds. The Morgan fingerprint density at radius 2 is 1.92 bits per heavy atom. The summed E-state index contributed by atoms with van der Waals surface area (Å²) in [6.45, 7) is 3.99. The lowest BCUT2D eigenvalue weighted by Gasteiger charge is -2.36. The first-order valence-corrected chi connectivity index (χ1v) is 9.05. The van der Waals surface area contributed by atoms with Gasteiger partial charge in [0.25, 0.3) is 0 Å². The highest BCUT2D eigenvalue weighted by Gasteiger charge is 2.20. The highest BCUT2D eigenvalue weighted by atomic mass is 79.9. The Bertz CT molecular complexity index is 678. The van der Waals surface area contributed by atoms with E-state index in [9.17, 15) is 9.50 Å². The van der Waals surface area contributed by atoms with E-state index in [0.29, 0.717) is 6.54 Å². The number of aliphatic hydroxyl groups excluding tert-OH is 1. The van der Waals surface area contributed by atoms with E-state index in [1.807, 2.05) is 12.1 Å². The molecule has 0 spiro atoms. The number of anilines is 1. The number of ether oxygens (including phenoxy) is 1. The van der Waals surface area contributed by atoms with Crippen molar-refractivity contribution in [2.45, 2.75) is 6.10 Å². The minimum atomic E-state index is -0.656. The van der Waals surface area contributed by atoms with E-state index in [2.05, 4.69) is 30.7 Å². The summed E-state index contributed by atoms with van der Waals surface area (Å²) in [5.41, 5.74) is 0. The summed E-state index contributed by atoms with van der Waals surface area (Å²) in [4.78, 5) is 8.83. The van der Waals surface area contributed by atoms with Crippen LogP contribution in [0.4, 0.5) is 10.2 Å². The summed E-state index contributed by atoms with van der Waals surface area (Å²) in [5.74, 6) is 0.726. The molecule has 1 fully saturated rings. The zero-order valence-corrected chi connectivity index (χ0v) is 15.4. The molecule has 1 aromatic heterocycles. The highest BCUT2D eigenvalue weighted by molar-refractivity contribution is 9.10. The van der Waals surface area contributed by atoms with Crippen LogP contribution in [-0.2, 0) is 0 Å². The lowest BCUT2D eigenvalue weighted by molar-refractivity contribution is 0.0649. The van der Waals surface area contributed by atoms with Crippen molar-refractivity contribution in [1.82, 2.24) is 9.88 Å². The summed E-state index contributed by atoms with van der Waals surface area (Å²) in [6, 6.07) is 10.2. The van der Waals surface area contributed by atoms with Crippen LogP contribution in [0.15, 0.2) is 47.1 Å². The van der Waals surface area contributed by atoms with Gasteiger partial charge in [-0.15, -0.1) is 0 Å². The van der Waals surface area contributed by atoms with Crippen molar-refractivity contribution in [2.24, 2.45) is 0 Å². The molecule has 2 aromatic rings. The van der Waals surface area contributed by atoms with Crippen LogP contribution >= 0.6 is 15.9 Å². The fourth-order valence-corrected chi connectivity index (χ4v) is 3.05. The van der Waals surface area contributed by atoms with Gasteiger partial charge in [0, 0.05) is 43.4 Å². The topological polar surface area (TPSA) is 48.8 Å². The summed E-state index contributed by atoms with van der Waals surface area (Å²) < 4.78 is 19.8. The molecule has 1 aromatic carbocycles. The second kappa shape index (κ2) is 8.60. The predicted molar refractivity (Wildman–Crippen MR) is 98.5 cm³/mol. The Labute approximate surface area is 155 Å². The standard InChI is InChI=1S/C18H21BrFN3O2/c19-14-5-6-18(21-11-14)23-9-7-22(8-10-23)12-15(24)13-25-17-4-2-1-3-16(17)20/h1-6,11,15,24H,7-10,12-13H2. The van der Waals surface area contributed by atoms with Crippen LogP contribution in [0.2, 0.25) is 0 Å². The van der Waals surface area contributed by atoms with Gasteiger partial charge in [-0.05, 0) is 40.2 Å². The molecule has 1 atom stereocenters. The van der Waals surface area contributed by atoms with Crippen molar-refractivity contribution in [3.63, 3.8) is 0 Å². The number of β-amino-alcohol motifs (C(OH)–C–C–N with tert-alkyl or cyclic N) is 1. The third-order valence-electron chi connectivity index (χ3n) is 4.14. The van der Waals surface area contributed by atoms with Gasteiger partial charge in [-0.25, -0.2) is 9.37 Å². The van der Waals surface area contributed by atoms with E-state index in [1.165, 1.54) is 6.07 Å². The van der Waals surface area contributed by atoms with Crippen LogP contribution in [0.1, 0.15) is 0 Å². The van der Waals surface area contributed by atoms with Gasteiger partial charge in [0.2, 0.25) is 0 Å². The number of hydrogen-bond donors (Lipinski definition) is 1. The molecular formula is C18H21BrFN3O2. The molecule has 25 heavy (non-hydrogen) atoms. The quantitative estimate of drug-likeness (QED) is 0.794. The molecule has 1 aliphatic heterocycles. The molecule has 1 unspecified atom stereocenters. The third kappa shape index (κ3) is 5.14. The Morgan fingerprint density at radius 1 is 1.16 bits per heavy atom. The first-order chi connectivity index (χ1) is 12.1. The lowest BCUT2D eigenvalue weighted by Crippen LogP contribution is -2.49. The SMILES string of the molecule is OC(COc1ccccc1F)CN1CCN(c2ccc(Br)cn2)CC1. The molecule has 3 rings (SSSR count). The molecule has 1 saturated heterocycles. The molecule has 0 aliphatic carbocycles. The van der Waals surface area contributed by atoms with Crippen molar-refractivity contribution in [3.8, 4) is 5.75 Å². The molecule has 1 N–H and O–H groups in total. The highest BCUT2D eigenvalue weighted by Crippen LogP contribution is 2.17. The fraction of sp³-hybridized carbons (Fsp3) is 0.389. The number of aromatic nitrogens is 1. The molecule has 0 radical (unpaired) electrons. The Hall–Kier alpha value is -1.70. The fourth-order valence-electron chi connectivity index (χ4n) is 2.81. The van der Waals surface area contributed by atoms with Crippen LogP contribution in [0.3, 0.4) is 0 Å². The normalized spacial score (nSPS) is 16.7. The van der Waals surface area contributed by atoms with E-state index in [-0.39, 0.29) is 12.4 Å². The summed E-state index contributed by atoms with van der Waals surface area (Å²) in [6.07, 6.45) is 1.14. The minimum Gasteiger partial charge on any atom is -0.488 e. The Balaban J connectivity index is 1.42. The van der Waals surface area contributed by atoms with E-state index < -0.39 is 11.9 Å². The number of pyridine rings is 1. The Morgan fingerprint density at radius 3 is 2.60 bits per heavy atom. The number of aliphatic hydroxyl groups is 1. The number of piperazine rings is 1. The minimum absolute atomic E-state index is 0.0788. The van der Waals surface area contributed by atoms with Crippen LogP contribution in [0.5, 0.6) is 5.75 Å². The number of rotatable bonds is 6. The zero-order valence-electron chi connectivity index (χ0n) is 13.8. The predicted octanol–water partition coefficient (Wildman–Crippen LogP) is 2.55. The summed E-state index contributed by atoms with van der Waals surface area (Å²) in [7, 11) is 0. The molecule has 2 heterocycles. The van der Waals surface area contributed by atoms with Crippen molar-refractivity contribution < 1.29 is 14.2 Å². The third-order valence-corrected chi connectivity index (χ3v) is 4.61. The van der Waals surface area contributed by atoms with Gasteiger partial charge in [0.05, 0.1) is 0 Å². The number of benzene rings is 1. The number of para-hydroxylation sites is 1. The number of halogens is 2. The van der Waals surface area contributed by atoms with Gasteiger partial charge in [-0.1, -0.05) is 12.1 Å². The average molecular weight is 410 g/mol. The smallest absolute Gasteiger partial charge is 0.165 e. The van der Waals surface area contributed by atoms with Gasteiger partial charge in [-0.3, -0.25) is 4.90 Å². The first-order valence-electron chi connectivity index (χ1n) is 8.26. The van der Waals surface area contributed by atoms with E-state index in [1.54, 1.807) is 24.4 Å². The first kappa shape index (κ1) is 18.1. The van der Waals surface area contributed by atoms with Crippen LogP contribution in [0, 0.1) is 5.82 Å². The van der Waals surface area contributed by atoms with Crippen molar-refractivity contribution in [3.05, 3.63) is 52.9 Å². The van der Waals surface area contributed by atoms with Crippen molar-refractivity contribution in [1.29, 1.82) is 0 Å². The second-order valence-corrected chi connectivity index (χ2v) is 6.93. The Kier molecular flexibility index (Phi) is 6.23. The van der Waals surface area contributed by atoms with Gasteiger partial charge in [0.15, 0.2) is 11.6 Å². The van der Waals surface area contributed by atoms with Crippen molar-refractivity contribution in [2.75, 3.05) is 44.2 Å². The van der Waals surface area contributed by atoms with Crippen molar-refractivity contribution >= 4 is 21.7 Å². The maximum atomic E-state index is 13.5. The van der Waals surface area contributed by atoms with E-state index >= 15 is 0 Å². The molecule has 0 saturated carbocycles. The largest absolute Gasteiger partial charge is 0.488 e. The molecule has 5 nitrogen and oxygen atoms in total. The molecule has 134 valence electrons. The maximum Gasteiger partial charge on any atom is 0.165 e. The molecule has 7 heteroatoms. The van der Waals surface area contributed by atoms with E-state index in [4.69, 9.17) is 4.74 Å². The monoisotopic (exact) mass is 409 g/mol. The number of nitrogens with zero attached hydrogens (tertiary/aromatic N) is 3. The molecular weight excluding hydrogens is 389 g/mol. The van der Waals surface area contributed by atoms with Gasteiger partial charge < -0.3 is 14.7 Å². The molecule has 1 aliphatic rings. The molecule has 0 bridgehead atoms. The number of hydrogen-bond acceptors (Lipinski definition) is 5. The van der Waals surface area contributed by atoms with Gasteiger partial charge >= 0.3 is 0 Å².